The first-order valence-corrected chi connectivity index (χ1v) is 12.0. The fourth-order valence-corrected chi connectivity index (χ4v) is 5.90. The van der Waals surface area contributed by atoms with Crippen LogP contribution in [0.2, 0.25) is 0 Å². The van der Waals surface area contributed by atoms with Crippen molar-refractivity contribution in [3.63, 3.8) is 0 Å². The molecule has 0 unspecified atom stereocenters. The molecule has 0 aromatic carbocycles. The minimum atomic E-state index is 0.00411. The van der Waals surface area contributed by atoms with Crippen LogP contribution in [0.4, 0.5) is 0 Å². The number of thiophene rings is 1. The standard InChI is InChI=1S/C24H32N4OS/c1-4-19-10-5-6-12-27(19)15-9-11-25-23(29)22-21(28-13-7-8-14-28)20-17(2)16-18(3)26-24(20)30-22/h7-8,13-14,16,19H,4-6,9-12,15H2,1-3H3,(H,25,29)/t19-/m1/s1. The number of hydrogen-bond acceptors (Lipinski definition) is 4. The molecule has 30 heavy (non-hydrogen) atoms. The molecule has 0 radical (unpaired) electrons. The fourth-order valence-electron chi connectivity index (χ4n) is 4.69. The Hall–Kier alpha value is -2.18. The number of carbonyl (C=O) groups excluding carboxylic acids is 1. The number of amides is 1. The van der Waals surface area contributed by atoms with Gasteiger partial charge in [0.1, 0.15) is 9.71 Å². The monoisotopic (exact) mass is 424 g/mol. The molecule has 5 nitrogen and oxygen atoms in total. The molecule has 3 aromatic rings. The van der Waals surface area contributed by atoms with Crippen molar-refractivity contribution in [1.82, 2.24) is 19.8 Å². The molecule has 1 saturated heterocycles. The molecule has 0 bridgehead atoms. The summed E-state index contributed by atoms with van der Waals surface area (Å²) in [5.41, 5.74) is 3.09. The van der Waals surface area contributed by atoms with Crippen molar-refractivity contribution < 1.29 is 4.79 Å². The zero-order chi connectivity index (χ0) is 21.1. The van der Waals surface area contributed by atoms with E-state index >= 15 is 0 Å². The Morgan fingerprint density at radius 3 is 2.83 bits per heavy atom. The molecule has 0 saturated carbocycles. The molecule has 1 amide bonds. The molecule has 6 heteroatoms. The SMILES string of the molecule is CC[C@@H]1CCCCN1CCCNC(=O)c1sc2nc(C)cc(C)c2c1-n1cccc1. The van der Waals surface area contributed by atoms with Crippen LogP contribution >= 0.6 is 11.3 Å². The van der Waals surface area contributed by atoms with Gasteiger partial charge in [-0.1, -0.05) is 13.3 Å². The smallest absolute Gasteiger partial charge is 0.263 e. The highest BCUT2D eigenvalue weighted by atomic mass is 32.1. The average Bonchev–Trinajstić information content (AvgIpc) is 3.38. The molecule has 4 rings (SSSR count). The van der Waals surface area contributed by atoms with E-state index in [0.29, 0.717) is 6.54 Å². The van der Waals surface area contributed by atoms with Gasteiger partial charge in [-0.15, -0.1) is 11.3 Å². The summed E-state index contributed by atoms with van der Waals surface area (Å²) >= 11 is 1.49. The van der Waals surface area contributed by atoms with Gasteiger partial charge in [0.2, 0.25) is 0 Å². The van der Waals surface area contributed by atoms with E-state index in [2.05, 4.69) is 30.1 Å². The Balaban J connectivity index is 1.49. The van der Waals surface area contributed by atoms with Gasteiger partial charge < -0.3 is 14.8 Å². The zero-order valence-corrected chi connectivity index (χ0v) is 19.1. The lowest BCUT2D eigenvalue weighted by atomic mass is 10.00. The predicted octanol–water partition coefficient (Wildman–Crippen LogP) is 5.09. The minimum absolute atomic E-state index is 0.00411. The van der Waals surface area contributed by atoms with Crippen LogP contribution < -0.4 is 5.32 Å². The van der Waals surface area contributed by atoms with Crippen LogP contribution in [0.5, 0.6) is 0 Å². The molecule has 1 aliphatic rings. The number of pyridine rings is 1. The van der Waals surface area contributed by atoms with E-state index in [1.54, 1.807) is 0 Å². The van der Waals surface area contributed by atoms with Crippen molar-refractivity contribution in [2.24, 2.45) is 0 Å². The molecule has 1 N–H and O–H groups in total. The van der Waals surface area contributed by atoms with Crippen molar-refractivity contribution in [3.05, 3.63) is 46.7 Å². The number of nitrogens with zero attached hydrogens (tertiary/aromatic N) is 3. The third kappa shape index (κ3) is 4.30. The quantitative estimate of drug-likeness (QED) is 0.538. The van der Waals surface area contributed by atoms with Crippen LogP contribution in [0.25, 0.3) is 15.9 Å². The van der Waals surface area contributed by atoms with E-state index in [-0.39, 0.29) is 5.91 Å². The summed E-state index contributed by atoms with van der Waals surface area (Å²) in [6.45, 7) is 9.36. The summed E-state index contributed by atoms with van der Waals surface area (Å²) < 4.78 is 2.04. The van der Waals surface area contributed by atoms with Gasteiger partial charge in [-0.3, -0.25) is 4.79 Å². The molecule has 3 aromatic heterocycles. The first-order valence-electron chi connectivity index (χ1n) is 11.1. The number of aromatic nitrogens is 2. The maximum Gasteiger partial charge on any atom is 0.263 e. The average molecular weight is 425 g/mol. The molecule has 1 aliphatic heterocycles. The van der Waals surface area contributed by atoms with Gasteiger partial charge in [0, 0.05) is 42.6 Å². The molecule has 0 spiro atoms. The highest BCUT2D eigenvalue weighted by Crippen LogP contribution is 2.35. The summed E-state index contributed by atoms with van der Waals surface area (Å²) in [5, 5.41) is 4.25. The van der Waals surface area contributed by atoms with Crippen molar-refractivity contribution in [2.75, 3.05) is 19.6 Å². The van der Waals surface area contributed by atoms with E-state index in [1.165, 1.54) is 43.6 Å². The Morgan fingerprint density at radius 1 is 1.27 bits per heavy atom. The summed E-state index contributed by atoms with van der Waals surface area (Å²) in [6.07, 6.45) is 10.2. The molecular formula is C24H32N4OS. The topological polar surface area (TPSA) is 50.2 Å². The highest BCUT2D eigenvalue weighted by molar-refractivity contribution is 7.21. The molecule has 1 fully saturated rings. The molecule has 1 atom stereocenters. The van der Waals surface area contributed by atoms with Gasteiger partial charge in [-0.2, -0.15) is 0 Å². The third-order valence-electron chi connectivity index (χ3n) is 6.16. The van der Waals surface area contributed by atoms with Crippen LogP contribution in [0.15, 0.2) is 30.6 Å². The maximum absolute atomic E-state index is 13.1. The number of fused-ring (bicyclic) bond motifs is 1. The van der Waals surface area contributed by atoms with Gasteiger partial charge in [-0.25, -0.2) is 4.98 Å². The lowest BCUT2D eigenvalue weighted by Crippen LogP contribution is -2.40. The number of rotatable bonds is 7. The number of piperidine rings is 1. The number of likely N-dealkylation sites (tertiary alicyclic amines) is 1. The van der Waals surface area contributed by atoms with E-state index < -0.39 is 0 Å². The van der Waals surface area contributed by atoms with Gasteiger partial charge >= 0.3 is 0 Å². The number of carbonyl (C=O) groups is 1. The van der Waals surface area contributed by atoms with Gasteiger partial charge in [0.15, 0.2) is 0 Å². The summed E-state index contributed by atoms with van der Waals surface area (Å²) in [4.78, 5) is 22.1. The lowest BCUT2D eigenvalue weighted by molar-refractivity contribution is 0.0951. The summed E-state index contributed by atoms with van der Waals surface area (Å²) in [7, 11) is 0. The van der Waals surface area contributed by atoms with Crippen LogP contribution in [-0.2, 0) is 0 Å². The van der Waals surface area contributed by atoms with Gasteiger partial charge in [0.25, 0.3) is 5.91 Å². The maximum atomic E-state index is 13.1. The second-order valence-corrected chi connectivity index (χ2v) is 9.33. The summed E-state index contributed by atoms with van der Waals surface area (Å²) in [5.74, 6) is 0.00411. The molecule has 4 heterocycles. The third-order valence-corrected chi connectivity index (χ3v) is 7.23. The van der Waals surface area contributed by atoms with E-state index in [1.807, 2.05) is 36.0 Å². The van der Waals surface area contributed by atoms with Crippen LogP contribution in [0.3, 0.4) is 0 Å². The minimum Gasteiger partial charge on any atom is -0.351 e. The first-order chi connectivity index (χ1) is 14.6. The first kappa shape index (κ1) is 21.1. The van der Waals surface area contributed by atoms with E-state index in [4.69, 9.17) is 4.98 Å². The van der Waals surface area contributed by atoms with E-state index in [9.17, 15) is 4.79 Å². The highest BCUT2D eigenvalue weighted by Gasteiger charge is 2.23. The van der Waals surface area contributed by atoms with Crippen molar-refractivity contribution in [3.8, 4) is 5.69 Å². The molecule has 160 valence electrons. The largest absolute Gasteiger partial charge is 0.351 e. The molecule has 0 aliphatic carbocycles. The fraction of sp³-hybridized carbons (Fsp3) is 0.500. The van der Waals surface area contributed by atoms with Gasteiger partial charge in [-0.05, 0) is 69.8 Å². The lowest BCUT2D eigenvalue weighted by Gasteiger charge is -2.35. The van der Waals surface area contributed by atoms with E-state index in [0.717, 1.165) is 51.0 Å². The second kappa shape index (κ2) is 9.31. The Bertz CT molecular complexity index is 1010. The normalized spacial score (nSPS) is 17.5. The van der Waals surface area contributed by atoms with Gasteiger partial charge in [0.05, 0.1) is 5.69 Å². The number of nitrogens with one attached hydrogen (secondary N) is 1. The van der Waals surface area contributed by atoms with Crippen LogP contribution in [0.1, 0.15) is 60.0 Å². The Kier molecular flexibility index (Phi) is 6.54. The van der Waals surface area contributed by atoms with Crippen molar-refractivity contribution in [1.29, 1.82) is 0 Å². The molecular weight excluding hydrogens is 392 g/mol. The second-order valence-electron chi connectivity index (χ2n) is 8.33. The van der Waals surface area contributed by atoms with Crippen LogP contribution in [-0.4, -0.2) is 46.0 Å². The van der Waals surface area contributed by atoms with Crippen molar-refractivity contribution in [2.45, 2.75) is 58.9 Å². The number of aryl methyl sites for hydroxylation is 2. The van der Waals surface area contributed by atoms with Crippen molar-refractivity contribution >= 4 is 27.5 Å². The zero-order valence-electron chi connectivity index (χ0n) is 18.3. The Morgan fingerprint density at radius 2 is 2.07 bits per heavy atom. The summed E-state index contributed by atoms with van der Waals surface area (Å²) in [6, 6.07) is 6.79. The Labute approximate surface area is 183 Å². The van der Waals surface area contributed by atoms with Crippen LogP contribution in [0, 0.1) is 13.8 Å². The number of hydrogen-bond donors (Lipinski definition) is 1. The predicted molar refractivity (Wildman–Crippen MR) is 125 cm³/mol.